The molecule has 4 nitrogen and oxygen atoms in total. The van der Waals surface area contributed by atoms with Gasteiger partial charge in [0.05, 0.1) is 13.2 Å². The summed E-state index contributed by atoms with van der Waals surface area (Å²) in [4.78, 5) is 13.8. The Labute approximate surface area is 112 Å². The van der Waals surface area contributed by atoms with Crippen molar-refractivity contribution >= 4 is 17.7 Å². The maximum atomic E-state index is 10.7. The fourth-order valence-corrected chi connectivity index (χ4v) is 2.43. The Kier molecular flexibility index (Phi) is 7.48. The molecule has 1 aromatic rings. The van der Waals surface area contributed by atoms with Gasteiger partial charge >= 0.3 is 5.97 Å². The smallest absolute Gasteiger partial charge is 0.317 e. The second-order valence-corrected chi connectivity index (χ2v) is 4.99. The Morgan fingerprint density at radius 3 is 2.67 bits per heavy atom. The highest BCUT2D eigenvalue weighted by Gasteiger charge is 2.09. The second kappa shape index (κ2) is 8.97. The number of thioether (sulfide) groups is 1. The number of ether oxygens (including phenoxy) is 1. The van der Waals surface area contributed by atoms with E-state index in [0.29, 0.717) is 13.2 Å². The molecule has 1 N–H and O–H groups in total. The normalized spacial score (nSPS) is 10.8. The number of nitrogens with zero attached hydrogens (tertiary/aromatic N) is 1. The zero-order valence-electron chi connectivity index (χ0n) is 10.5. The molecule has 100 valence electrons. The molecular weight excluding hydrogens is 250 g/mol. The van der Waals surface area contributed by atoms with Gasteiger partial charge in [-0.2, -0.15) is 0 Å². The predicted molar refractivity (Wildman–Crippen MR) is 73.1 cm³/mol. The molecule has 0 saturated heterocycles. The molecule has 1 aromatic carbocycles. The average molecular weight is 269 g/mol. The summed E-state index contributed by atoms with van der Waals surface area (Å²) in [5.41, 5.74) is 0. The lowest BCUT2D eigenvalue weighted by molar-refractivity contribution is -0.138. The number of benzene rings is 1. The van der Waals surface area contributed by atoms with E-state index in [1.165, 1.54) is 4.90 Å². The van der Waals surface area contributed by atoms with Crippen molar-refractivity contribution in [2.75, 3.05) is 39.1 Å². The molecule has 0 aliphatic carbocycles. The van der Waals surface area contributed by atoms with E-state index in [2.05, 4.69) is 12.1 Å². The maximum absolute atomic E-state index is 10.7. The molecule has 5 heteroatoms. The first-order valence-electron chi connectivity index (χ1n) is 5.83. The summed E-state index contributed by atoms with van der Waals surface area (Å²) in [6.07, 6.45) is 0. The van der Waals surface area contributed by atoms with Crippen LogP contribution in [0.25, 0.3) is 0 Å². The molecule has 0 aromatic heterocycles. The number of hydrogen-bond acceptors (Lipinski definition) is 4. The van der Waals surface area contributed by atoms with Crippen LogP contribution < -0.4 is 0 Å². The third-order valence-corrected chi connectivity index (χ3v) is 3.38. The molecule has 0 atom stereocenters. The Morgan fingerprint density at radius 2 is 2.06 bits per heavy atom. The Morgan fingerprint density at radius 1 is 1.33 bits per heavy atom. The van der Waals surface area contributed by atoms with E-state index < -0.39 is 5.97 Å². The Bertz CT molecular complexity index is 345. The summed E-state index contributed by atoms with van der Waals surface area (Å²) >= 11 is 1.73. The zero-order valence-corrected chi connectivity index (χ0v) is 11.4. The van der Waals surface area contributed by atoms with Gasteiger partial charge in [0.1, 0.15) is 0 Å². The lowest BCUT2D eigenvalue weighted by Crippen LogP contribution is -2.34. The summed E-state index contributed by atoms with van der Waals surface area (Å²) in [6.45, 7) is 2.02. The van der Waals surface area contributed by atoms with Crippen LogP contribution in [0, 0.1) is 0 Å². The van der Waals surface area contributed by atoms with Gasteiger partial charge in [0.25, 0.3) is 0 Å². The zero-order chi connectivity index (χ0) is 13.2. The van der Waals surface area contributed by atoms with Crippen molar-refractivity contribution in [1.82, 2.24) is 4.90 Å². The van der Waals surface area contributed by atoms with Crippen molar-refractivity contribution in [2.45, 2.75) is 4.90 Å². The van der Waals surface area contributed by atoms with Gasteiger partial charge in [-0.15, -0.1) is 11.8 Å². The first kappa shape index (κ1) is 15.0. The van der Waals surface area contributed by atoms with Gasteiger partial charge in [-0.1, -0.05) is 18.2 Å². The molecule has 0 amide bonds. The summed E-state index contributed by atoms with van der Waals surface area (Å²) < 4.78 is 4.98. The average Bonchev–Trinajstić information content (AvgIpc) is 2.36. The molecule has 0 spiro atoms. The summed E-state index contributed by atoms with van der Waals surface area (Å²) in [6, 6.07) is 10.1. The van der Waals surface area contributed by atoms with Crippen LogP contribution in [-0.4, -0.2) is 55.1 Å². The van der Waals surface area contributed by atoms with Crippen LogP contribution in [0.4, 0.5) is 0 Å². The number of hydrogen-bond donors (Lipinski definition) is 1. The fraction of sp³-hybridized carbons (Fsp3) is 0.462. The van der Waals surface area contributed by atoms with E-state index >= 15 is 0 Å². The Hall–Kier alpha value is -1.04. The maximum Gasteiger partial charge on any atom is 0.317 e. The van der Waals surface area contributed by atoms with Crippen LogP contribution in [-0.2, 0) is 9.53 Å². The molecule has 0 saturated carbocycles. The largest absolute Gasteiger partial charge is 0.480 e. The first-order valence-corrected chi connectivity index (χ1v) is 6.82. The van der Waals surface area contributed by atoms with Gasteiger partial charge in [0.15, 0.2) is 0 Å². The number of methoxy groups -OCH3 is 1. The molecule has 0 aliphatic heterocycles. The lowest BCUT2D eigenvalue weighted by atomic mass is 10.4. The summed E-state index contributed by atoms with van der Waals surface area (Å²) in [5, 5.41) is 8.81. The van der Waals surface area contributed by atoms with E-state index in [-0.39, 0.29) is 6.54 Å². The molecule has 18 heavy (non-hydrogen) atoms. The van der Waals surface area contributed by atoms with Gasteiger partial charge in [-0.25, -0.2) is 0 Å². The summed E-state index contributed by atoms with van der Waals surface area (Å²) in [5.74, 6) is 0.0805. The highest BCUT2D eigenvalue weighted by molar-refractivity contribution is 7.99. The van der Waals surface area contributed by atoms with Gasteiger partial charge in [0.2, 0.25) is 0 Å². The van der Waals surface area contributed by atoms with E-state index in [4.69, 9.17) is 9.84 Å². The number of carboxylic acid groups (broad SMARTS) is 1. The van der Waals surface area contributed by atoms with Gasteiger partial charge < -0.3 is 9.84 Å². The van der Waals surface area contributed by atoms with Gasteiger partial charge in [-0.05, 0) is 12.1 Å². The number of rotatable bonds is 9. The van der Waals surface area contributed by atoms with E-state index in [1.54, 1.807) is 18.9 Å². The molecule has 0 unspecified atom stereocenters. The van der Waals surface area contributed by atoms with Crippen molar-refractivity contribution in [2.24, 2.45) is 0 Å². The molecule has 0 radical (unpaired) electrons. The minimum absolute atomic E-state index is 0.0682. The highest BCUT2D eigenvalue weighted by Crippen LogP contribution is 2.16. The van der Waals surface area contributed by atoms with Gasteiger partial charge in [0, 0.05) is 30.8 Å². The van der Waals surface area contributed by atoms with Crippen molar-refractivity contribution in [3.8, 4) is 0 Å². The van der Waals surface area contributed by atoms with Gasteiger partial charge in [-0.3, -0.25) is 9.69 Å². The predicted octanol–water partition coefficient (Wildman–Crippen LogP) is 1.81. The third kappa shape index (κ3) is 6.64. The molecule has 0 bridgehead atoms. The first-order chi connectivity index (χ1) is 8.72. The summed E-state index contributed by atoms with van der Waals surface area (Å²) in [7, 11) is 1.62. The van der Waals surface area contributed by atoms with Crippen LogP contribution in [0.2, 0.25) is 0 Å². The van der Waals surface area contributed by atoms with Crippen LogP contribution >= 0.6 is 11.8 Å². The highest BCUT2D eigenvalue weighted by atomic mass is 32.2. The quantitative estimate of drug-likeness (QED) is 0.693. The van der Waals surface area contributed by atoms with E-state index in [9.17, 15) is 4.79 Å². The number of carbonyl (C=O) groups is 1. The fourth-order valence-electron chi connectivity index (χ4n) is 1.49. The SMILES string of the molecule is COCCN(CCSc1ccccc1)CC(=O)O. The molecule has 0 aliphatic rings. The topological polar surface area (TPSA) is 49.8 Å². The molecule has 0 fully saturated rings. The molecular formula is C13H19NO3S. The van der Waals surface area contributed by atoms with Crippen LogP contribution in [0.5, 0.6) is 0 Å². The van der Waals surface area contributed by atoms with E-state index in [1.807, 2.05) is 23.1 Å². The van der Waals surface area contributed by atoms with Crippen LogP contribution in [0.15, 0.2) is 35.2 Å². The number of carboxylic acids is 1. The van der Waals surface area contributed by atoms with E-state index in [0.717, 1.165) is 12.3 Å². The van der Waals surface area contributed by atoms with Crippen LogP contribution in [0.3, 0.4) is 0 Å². The number of aliphatic carboxylic acids is 1. The molecule has 1 rings (SSSR count). The van der Waals surface area contributed by atoms with Crippen molar-refractivity contribution in [1.29, 1.82) is 0 Å². The minimum Gasteiger partial charge on any atom is -0.480 e. The third-order valence-electron chi connectivity index (χ3n) is 2.39. The Balaban J connectivity index is 2.30. The van der Waals surface area contributed by atoms with Crippen molar-refractivity contribution < 1.29 is 14.6 Å². The molecule has 0 heterocycles. The second-order valence-electron chi connectivity index (χ2n) is 3.82. The monoisotopic (exact) mass is 269 g/mol. The van der Waals surface area contributed by atoms with Crippen molar-refractivity contribution in [3.63, 3.8) is 0 Å². The standard InChI is InChI=1S/C13H19NO3S/c1-17-9-7-14(11-13(15)16)8-10-18-12-5-3-2-4-6-12/h2-6H,7-11H2,1H3,(H,15,16). The van der Waals surface area contributed by atoms with Crippen LogP contribution in [0.1, 0.15) is 0 Å². The van der Waals surface area contributed by atoms with Crippen molar-refractivity contribution in [3.05, 3.63) is 30.3 Å². The minimum atomic E-state index is -0.796. The lowest BCUT2D eigenvalue weighted by Gasteiger charge is -2.19.